The number of carbonyl (C=O) groups is 2. The van der Waals surface area contributed by atoms with E-state index < -0.39 is 17.9 Å². The predicted octanol–water partition coefficient (Wildman–Crippen LogP) is 0.692. The van der Waals surface area contributed by atoms with Crippen LogP contribution in [0.5, 0.6) is 0 Å². The van der Waals surface area contributed by atoms with Gasteiger partial charge in [0.05, 0.1) is 12.0 Å². The maximum Gasteiger partial charge on any atom is 0.307 e. The van der Waals surface area contributed by atoms with Crippen molar-refractivity contribution in [1.29, 1.82) is 0 Å². The Morgan fingerprint density at radius 2 is 1.79 bits per heavy atom. The van der Waals surface area contributed by atoms with Crippen LogP contribution in [-0.4, -0.2) is 35.4 Å². The summed E-state index contributed by atoms with van der Waals surface area (Å²) in [7, 11) is 0. The summed E-state index contributed by atoms with van der Waals surface area (Å²) in [6, 6.07) is 8.53. The lowest BCUT2D eigenvalue weighted by molar-refractivity contribution is -0.143. The van der Waals surface area contributed by atoms with Crippen molar-refractivity contribution < 1.29 is 14.7 Å². The van der Waals surface area contributed by atoms with Gasteiger partial charge in [0.15, 0.2) is 5.96 Å². The van der Waals surface area contributed by atoms with E-state index in [9.17, 15) is 14.7 Å². The molecule has 0 aliphatic heterocycles. The van der Waals surface area contributed by atoms with Crippen LogP contribution in [0.4, 0.5) is 0 Å². The molecule has 0 unspecified atom stereocenters. The number of guanidine groups is 1. The van der Waals surface area contributed by atoms with Gasteiger partial charge < -0.3 is 22.3 Å². The summed E-state index contributed by atoms with van der Waals surface area (Å²) in [5, 5.41) is 9.30. The Morgan fingerprint density at radius 3 is 2.33 bits per heavy atom. The molecule has 134 valence electrons. The van der Waals surface area contributed by atoms with E-state index in [1.165, 1.54) is 0 Å². The molecule has 1 aromatic carbocycles. The lowest BCUT2D eigenvalue weighted by Crippen LogP contribution is -2.34. The minimum atomic E-state index is -0.991. The van der Waals surface area contributed by atoms with Gasteiger partial charge in [-0.25, -0.2) is 0 Å². The molecule has 0 bridgehead atoms. The van der Waals surface area contributed by atoms with Crippen molar-refractivity contribution in [3.63, 3.8) is 0 Å². The smallest absolute Gasteiger partial charge is 0.307 e. The molecule has 0 amide bonds. The number of carboxylic acids is 1. The van der Waals surface area contributed by atoms with Crippen molar-refractivity contribution >= 4 is 30.1 Å². The summed E-state index contributed by atoms with van der Waals surface area (Å²) in [5.41, 5.74) is 17.1. The molecule has 7 nitrogen and oxygen atoms in total. The average molecular weight is 357 g/mol. The van der Waals surface area contributed by atoms with E-state index in [2.05, 4.69) is 4.99 Å². The third-order valence-electron chi connectivity index (χ3n) is 3.50. The number of halogens is 1. The minimum Gasteiger partial charge on any atom is -0.481 e. The van der Waals surface area contributed by atoms with E-state index in [1.807, 2.05) is 30.3 Å². The Kier molecular flexibility index (Phi) is 10.4. The number of carboxylic acid groups (broad SMARTS) is 1. The highest BCUT2D eigenvalue weighted by molar-refractivity contribution is 5.87. The molecule has 0 aromatic heterocycles. The van der Waals surface area contributed by atoms with Gasteiger partial charge in [-0.2, -0.15) is 0 Å². The number of Topliss-reactive ketones (excluding diaryl/α,β-unsaturated/α-hetero) is 1. The number of aliphatic imine (C=N–C) groups is 1. The highest BCUT2D eigenvalue weighted by atomic mass is 35.5. The Balaban J connectivity index is 0.00000529. The number of aliphatic carboxylic acids is 1. The van der Waals surface area contributed by atoms with Crippen molar-refractivity contribution in [3.8, 4) is 0 Å². The molecule has 8 heteroatoms. The van der Waals surface area contributed by atoms with Crippen molar-refractivity contribution in [1.82, 2.24) is 0 Å². The van der Waals surface area contributed by atoms with Gasteiger partial charge >= 0.3 is 5.97 Å². The van der Waals surface area contributed by atoms with Crippen molar-refractivity contribution in [2.75, 3.05) is 6.54 Å². The quantitative estimate of drug-likeness (QED) is 0.276. The fourth-order valence-corrected chi connectivity index (χ4v) is 2.22. The average Bonchev–Trinajstić information content (AvgIpc) is 2.51. The molecule has 0 heterocycles. The van der Waals surface area contributed by atoms with Crippen molar-refractivity contribution in [3.05, 3.63) is 35.9 Å². The lowest BCUT2D eigenvalue weighted by atomic mass is 9.91. The standard InChI is InChI=1S/C16H24N4O3.ClH/c17-13(7-4-8-20-16(18)19)14(21)10-12(15(22)23)9-11-5-2-1-3-6-11;/h1-3,5-6,12-13H,4,7-10,17H2,(H,22,23)(H4,18,19,20);1H/t12-,13+;/m1./s1. The van der Waals surface area contributed by atoms with E-state index in [-0.39, 0.29) is 30.6 Å². The van der Waals surface area contributed by atoms with Crippen LogP contribution in [0.1, 0.15) is 24.8 Å². The van der Waals surface area contributed by atoms with Crippen LogP contribution in [0.3, 0.4) is 0 Å². The van der Waals surface area contributed by atoms with Gasteiger partial charge in [-0.1, -0.05) is 30.3 Å². The molecule has 0 aliphatic rings. The fraction of sp³-hybridized carbons (Fsp3) is 0.438. The maximum atomic E-state index is 12.1. The summed E-state index contributed by atoms with van der Waals surface area (Å²) < 4.78 is 0. The highest BCUT2D eigenvalue weighted by Crippen LogP contribution is 2.15. The Hall–Kier alpha value is -2.12. The summed E-state index contributed by atoms with van der Waals surface area (Å²) in [5.74, 6) is -2.01. The Labute approximate surface area is 147 Å². The number of hydrogen-bond acceptors (Lipinski definition) is 4. The van der Waals surface area contributed by atoms with Crippen LogP contribution in [0.15, 0.2) is 35.3 Å². The topological polar surface area (TPSA) is 145 Å². The fourth-order valence-electron chi connectivity index (χ4n) is 2.22. The van der Waals surface area contributed by atoms with E-state index in [1.54, 1.807) is 0 Å². The maximum absolute atomic E-state index is 12.1. The van der Waals surface area contributed by atoms with Gasteiger partial charge in [0.1, 0.15) is 5.78 Å². The number of nitrogens with two attached hydrogens (primary N) is 3. The molecule has 24 heavy (non-hydrogen) atoms. The molecule has 1 aromatic rings. The highest BCUT2D eigenvalue weighted by Gasteiger charge is 2.24. The van der Waals surface area contributed by atoms with Gasteiger partial charge in [-0.05, 0) is 24.8 Å². The van der Waals surface area contributed by atoms with Gasteiger partial charge in [-0.15, -0.1) is 12.4 Å². The largest absolute Gasteiger partial charge is 0.481 e. The molecular formula is C16H25ClN4O3. The normalized spacial score (nSPS) is 12.5. The number of hydrogen-bond donors (Lipinski definition) is 4. The lowest BCUT2D eigenvalue weighted by Gasteiger charge is -2.15. The number of carbonyl (C=O) groups excluding carboxylic acids is 1. The molecule has 0 fully saturated rings. The van der Waals surface area contributed by atoms with Gasteiger partial charge in [0, 0.05) is 13.0 Å². The predicted molar refractivity (Wildman–Crippen MR) is 96.0 cm³/mol. The second kappa shape index (κ2) is 11.4. The molecule has 1 rings (SSSR count). The van der Waals surface area contributed by atoms with E-state index in [4.69, 9.17) is 17.2 Å². The molecular weight excluding hydrogens is 332 g/mol. The molecule has 7 N–H and O–H groups in total. The van der Waals surface area contributed by atoms with Crippen LogP contribution in [-0.2, 0) is 16.0 Å². The van der Waals surface area contributed by atoms with Crippen LogP contribution in [0, 0.1) is 5.92 Å². The summed E-state index contributed by atoms with van der Waals surface area (Å²) >= 11 is 0. The molecule has 0 saturated heterocycles. The summed E-state index contributed by atoms with van der Waals surface area (Å²) in [6.07, 6.45) is 1.23. The number of rotatable bonds is 10. The molecule has 0 spiro atoms. The van der Waals surface area contributed by atoms with Gasteiger partial charge in [-0.3, -0.25) is 14.6 Å². The number of nitrogens with zero attached hydrogens (tertiary/aromatic N) is 1. The van der Waals surface area contributed by atoms with Crippen molar-refractivity contribution in [2.24, 2.45) is 28.1 Å². The van der Waals surface area contributed by atoms with Crippen LogP contribution >= 0.6 is 12.4 Å². The van der Waals surface area contributed by atoms with E-state index in [0.717, 1.165) is 5.56 Å². The summed E-state index contributed by atoms with van der Waals surface area (Å²) in [4.78, 5) is 27.3. The molecule has 2 atom stereocenters. The first kappa shape index (κ1) is 21.9. The van der Waals surface area contributed by atoms with Crippen LogP contribution in [0.25, 0.3) is 0 Å². The molecule has 0 aliphatic carbocycles. The first-order valence-electron chi connectivity index (χ1n) is 7.50. The second-order valence-corrected chi connectivity index (χ2v) is 5.45. The monoisotopic (exact) mass is 356 g/mol. The van der Waals surface area contributed by atoms with Crippen LogP contribution in [0.2, 0.25) is 0 Å². The number of ketones is 1. The van der Waals surface area contributed by atoms with Gasteiger partial charge in [0.2, 0.25) is 0 Å². The SMILES string of the molecule is Cl.NC(N)=NCCC[C@H](N)C(=O)C[C@@H](Cc1ccccc1)C(=O)O. The van der Waals surface area contributed by atoms with E-state index >= 15 is 0 Å². The van der Waals surface area contributed by atoms with E-state index in [0.29, 0.717) is 25.8 Å². The first-order valence-corrected chi connectivity index (χ1v) is 7.50. The second-order valence-electron chi connectivity index (χ2n) is 5.45. The first-order chi connectivity index (χ1) is 10.9. The Bertz CT molecular complexity index is 548. The third-order valence-corrected chi connectivity index (χ3v) is 3.50. The third kappa shape index (κ3) is 8.50. The van der Waals surface area contributed by atoms with Gasteiger partial charge in [0.25, 0.3) is 0 Å². The van der Waals surface area contributed by atoms with Crippen molar-refractivity contribution in [2.45, 2.75) is 31.7 Å². The zero-order valence-electron chi connectivity index (χ0n) is 13.4. The minimum absolute atomic E-state index is 0. The summed E-state index contributed by atoms with van der Waals surface area (Å²) in [6.45, 7) is 0.398. The zero-order valence-corrected chi connectivity index (χ0v) is 14.2. The Morgan fingerprint density at radius 1 is 1.17 bits per heavy atom. The zero-order chi connectivity index (χ0) is 17.2. The van der Waals surface area contributed by atoms with Crippen LogP contribution < -0.4 is 17.2 Å². The number of benzene rings is 1. The molecule has 0 saturated carbocycles. The molecule has 0 radical (unpaired) electrons.